The Bertz CT molecular complexity index is 754. The molecule has 0 unspecified atom stereocenters. The summed E-state index contributed by atoms with van der Waals surface area (Å²) in [5.41, 5.74) is 0.390. The Morgan fingerprint density at radius 2 is 1.70 bits per heavy atom. The van der Waals surface area contributed by atoms with Gasteiger partial charge in [0.15, 0.2) is 0 Å². The van der Waals surface area contributed by atoms with Crippen LogP contribution in [0.5, 0.6) is 0 Å². The van der Waals surface area contributed by atoms with Gasteiger partial charge in [0.05, 0.1) is 6.61 Å². The van der Waals surface area contributed by atoms with Crippen LogP contribution in [0.4, 0.5) is 9.59 Å². The van der Waals surface area contributed by atoms with E-state index < -0.39 is 5.60 Å². The van der Waals surface area contributed by atoms with Gasteiger partial charge in [-0.05, 0) is 57.9 Å². The van der Waals surface area contributed by atoms with Crippen LogP contribution in [-0.2, 0) is 25.6 Å². The topological polar surface area (TPSA) is 85.4 Å². The average Bonchev–Trinajstić information content (AvgIpc) is 2.76. The average molecular weight is 463 g/mol. The third kappa shape index (κ3) is 10.6. The molecule has 1 aliphatic rings. The van der Waals surface area contributed by atoms with Crippen molar-refractivity contribution in [3.05, 3.63) is 35.9 Å². The fraction of sp³-hybridized carbons (Fsp3) is 0.640. The molecule has 1 heterocycles. The molecule has 2 rings (SSSR count). The number of amides is 2. The second kappa shape index (κ2) is 13.1. The summed E-state index contributed by atoms with van der Waals surface area (Å²) < 4.78 is 16.0. The van der Waals surface area contributed by atoms with Crippen LogP contribution in [-0.4, -0.2) is 66.3 Å². The second-order valence-corrected chi connectivity index (χ2v) is 9.44. The summed E-state index contributed by atoms with van der Waals surface area (Å²) in [7, 11) is 0. The van der Waals surface area contributed by atoms with Crippen LogP contribution in [0.2, 0.25) is 0 Å². The van der Waals surface area contributed by atoms with Gasteiger partial charge in [-0.2, -0.15) is 0 Å². The molecule has 184 valence electrons. The van der Waals surface area contributed by atoms with Crippen molar-refractivity contribution in [2.45, 2.75) is 65.6 Å². The maximum atomic E-state index is 12.7. The van der Waals surface area contributed by atoms with E-state index in [4.69, 9.17) is 14.2 Å². The molecule has 2 amide bonds. The number of carbonyl (C=O) groups excluding carboxylic acids is 3. The summed E-state index contributed by atoms with van der Waals surface area (Å²) in [6.07, 6.45) is 2.37. The molecule has 1 fully saturated rings. The standard InChI is InChI=1S/C25H38N2O6/c1-20(28)31-17-9-8-14-27(24(30)33-25(2,3)4)18-21-12-15-26(16-13-21)23(29)32-19-22-10-6-5-7-11-22/h5-7,10-11,21H,8-9,12-19H2,1-4H3. The third-order valence-corrected chi connectivity index (χ3v) is 5.34. The van der Waals surface area contributed by atoms with Crippen molar-refractivity contribution in [3.8, 4) is 0 Å². The number of hydrogen-bond acceptors (Lipinski definition) is 6. The van der Waals surface area contributed by atoms with Crippen molar-refractivity contribution in [2.75, 3.05) is 32.8 Å². The first-order valence-electron chi connectivity index (χ1n) is 11.7. The van der Waals surface area contributed by atoms with Gasteiger partial charge in [-0.3, -0.25) is 4.79 Å². The quantitative estimate of drug-likeness (QED) is 0.303. The molecule has 1 aromatic carbocycles. The van der Waals surface area contributed by atoms with Gasteiger partial charge in [0.25, 0.3) is 0 Å². The first-order chi connectivity index (χ1) is 15.6. The molecule has 1 aromatic rings. The Kier molecular flexibility index (Phi) is 10.5. The Hall–Kier alpha value is -2.77. The normalized spacial score (nSPS) is 14.5. The Morgan fingerprint density at radius 3 is 2.30 bits per heavy atom. The summed E-state index contributed by atoms with van der Waals surface area (Å²) >= 11 is 0. The lowest BCUT2D eigenvalue weighted by molar-refractivity contribution is -0.141. The zero-order valence-corrected chi connectivity index (χ0v) is 20.4. The fourth-order valence-electron chi connectivity index (χ4n) is 3.62. The molecule has 0 radical (unpaired) electrons. The van der Waals surface area contributed by atoms with Crippen LogP contribution in [0.25, 0.3) is 0 Å². The number of benzene rings is 1. The van der Waals surface area contributed by atoms with Gasteiger partial charge in [-0.15, -0.1) is 0 Å². The number of nitrogens with zero attached hydrogens (tertiary/aromatic N) is 2. The number of rotatable bonds is 9. The summed E-state index contributed by atoms with van der Waals surface area (Å²) in [6.45, 7) is 9.87. The van der Waals surface area contributed by atoms with Crippen LogP contribution in [0.3, 0.4) is 0 Å². The highest BCUT2D eigenvalue weighted by Crippen LogP contribution is 2.21. The number of ether oxygens (including phenoxy) is 3. The highest BCUT2D eigenvalue weighted by atomic mass is 16.6. The Labute approximate surface area is 197 Å². The zero-order valence-electron chi connectivity index (χ0n) is 20.4. The second-order valence-electron chi connectivity index (χ2n) is 9.44. The molecule has 0 aliphatic carbocycles. The van der Waals surface area contributed by atoms with Gasteiger partial charge < -0.3 is 24.0 Å². The van der Waals surface area contributed by atoms with E-state index in [1.807, 2.05) is 51.1 Å². The van der Waals surface area contributed by atoms with Crippen LogP contribution < -0.4 is 0 Å². The predicted molar refractivity (Wildman–Crippen MR) is 125 cm³/mol. The van der Waals surface area contributed by atoms with Crippen LogP contribution >= 0.6 is 0 Å². The molecule has 0 N–H and O–H groups in total. The van der Waals surface area contributed by atoms with E-state index in [0.717, 1.165) is 24.8 Å². The van der Waals surface area contributed by atoms with Gasteiger partial charge >= 0.3 is 18.2 Å². The maximum absolute atomic E-state index is 12.7. The van der Waals surface area contributed by atoms with Gasteiger partial charge in [0.1, 0.15) is 12.2 Å². The molecule has 0 spiro atoms. The molecule has 0 aromatic heterocycles. The minimum Gasteiger partial charge on any atom is -0.466 e. The zero-order chi connectivity index (χ0) is 24.3. The molecule has 1 saturated heterocycles. The number of unbranched alkanes of at least 4 members (excludes halogenated alkanes) is 1. The molecule has 8 heteroatoms. The van der Waals surface area contributed by atoms with E-state index in [9.17, 15) is 14.4 Å². The Morgan fingerprint density at radius 1 is 1.03 bits per heavy atom. The van der Waals surface area contributed by atoms with Crippen LogP contribution in [0.15, 0.2) is 30.3 Å². The molecule has 1 aliphatic heterocycles. The fourth-order valence-corrected chi connectivity index (χ4v) is 3.62. The minimum absolute atomic E-state index is 0.263. The first kappa shape index (κ1) is 26.5. The molecule has 33 heavy (non-hydrogen) atoms. The summed E-state index contributed by atoms with van der Waals surface area (Å²) in [5, 5.41) is 0. The summed E-state index contributed by atoms with van der Waals surface area (Å²) in [5.74, 6) is -0.0165. The van der Waals surface area contributed by atoms with Gasteiger partial charge in [0, 0.05) is 33.1 Å². The lowest BCUT2D eigenvalue weighted by Gasteiger charge is -2.35. The molecule has 0 atom stereocenters. The molecular formula is C25H38N2O6. The molecule has 8 nitrogen and oxygen atoms in total. The SMILES string of the molecule is CC(=O)OCCCCN(CC1CCN(C(=O)OCc2ccccc2)CC1)C(=O)OC(C)(C)C. The smallest absolute Gasteiger partial charge is 0.410 e. The Balaban J connectivity index is 1.80. The van der Waals surface area contributed by atoms with Crippen molar-refractivity contribution in [1.29, 1.82) is 0 Å². The number of carbonyl (C=O) groups is 3. The lowest BCUT2D eigenvalue weighted by Crippen LogP contribution is -2.44. The van der Waals surface area contributed by atoms with E-state index in [2.05, 4.69) is 0 Å². The van der Waals surface area contributed by atoms with Crippen molar-refractivity contribution < 1.29 is 28.6 Å². The number of piperidine rings is 1. The van der Waals surface area contributed by atoms with Crippen molar-refractivity contribution >= 4 is 18.2 Å². The highest BCUT2D eigenvalue weighted by Gasteiger charge is 2.28. The molecular weight excluding hydrogens is 424 g/mol. The summed E-state index contributed by atoms with van der Waals surface area (Å²) in [6, 6.07) is 9.62. The van der Waals surface area contributed by atoms with E-state index in [0.29, 0.717) is 39.2 Å². The van der Waals surface area contributed by atoms with Gasteiger partial charge in [-0.25, -0.2) is 9.59 Å². The van der Waals surface area contributed by atoms with Crippen molar-refractivity contribution in [2.24, 2.45) is 5.92 Å². The van der Waals surface area contributed by atoms with Crippen molar-refractivity contribution in [1.82, 2.24) is 9.80 Å². The predicted octanol–water partition coefficient (Wildman–Crippen LogP) is 4.62. The largest absolute Gasteiger partial charge is 0.466 e. The minimum atomic E-state index is -0.570. The third-order valence-electron chi connectivity index (χ3n) is 5.34. The van der Waals surface area contributed by atoms with Crippen molar-refractivity contribution in [3.63, 3.8) is 0 Å². The summed E-state index contributed by atoms with van der Waals surface area (Å²) in [4.78, 5) is 39.5. The van der Waals surface area contributed by atoms with E-state index in [1.165, 1.54) is 6.92 Å². The molecule has 0 bridgehead atoms. The van der Waals surface area contributed by atoms with Gasteiger partial charge in [-0.1, -0.05) is 30.3 Å². The van der Waals surface area contributed by atoms with Crippen LogP contribution in [0, 0.1) is 5.92 Å². The van der Waals surface area contributed by atoms with Crippen LogP contribution in [0.1, 0.15) is 58.9 Å². The highest BCUT2D eigenvalue weighted by molar-refractivity contribution is 5.68. The van der Waals surface area contributed by atoms with E-state index in [-0.39, 0.29) is 30.7 Å². The lowest BCUT2D eigenvalue weighted by atomic mass is 9.96. The molecule has 0 saturated carbocycles. The monoisotopic (exact) mass is 462 g/mol. The number of hydrogen-bond donors (Lipinski definition) is 0. The maximum Gasteiger partial charge on any atom is 0.410 e. The van der Waals surface area contributed by atoms with Gasteiger partial charge in [0.2, 0.25) is 0 Å². The van der Waals surface area contributed by atoms with E-state index in [1.54, 1.807) is 9.80 Å². The first-order valence-corrected chi connectivity index (χ1v) is 11.7. The van der Waals surface area contributed by atoms with E-state index >= 15 is 0 Å². The number of esters is 1. The number of likely N-dealkylation sites (tertiary alicyclic amines) is 1.